The molecule has 2 aromatic rings. The lowest BCUT2D eigenvalue weighted by Gasteiger charge is -2.47. The van der Waals surface area contributed by atoms with Gasteiger partial charge in [-0.1, -0.05) is 13.8 Å². The van der Waals surface area contributed by atoms with Crippen LogP contribution in [0.15, 0.2) is 36.1 Å². The number of phenolic OH excluding ortho intramolecular Hbond substituents is 2. The Hall–Kier alpha value is -5.11. The van der Waals surface area contributed by atoms with Gasteiger partial charge in [-0.25, -0.2) is 9.59 Å². The number of fused-ring (bicyclic) bond motifs is 3. The predicted molar refractivity (Wildman–Crippen MR) is 152 cm³/mol. The molecule has 0 saturated carbocycles. The number of Topliss-reactive ketones (excluding diaryl/α,β-unsaturated/α-hetero) is 2. The number of ether oxygens (including phenoxy) is 5. The molecule has 7 unspecified atom stereocenters. The summed E-state index contributed by atoms with van der Waals surface area (Å²) in [4.78, 5) is 65.5. The van der Waals surface area contributed by atoms with Gasteiger partial charge in [-0.2, -0.15) is 0 Å². The number of hydrogen-bond donors (Lipinski definition) is 4. The largest absolute Gasteiger partial charge is 0.512 e. The molecule has 0 spiro atoms. The summed E-state index contributed by atoms with van der Waals surface area (Å²) >= 11 is 0. The molecule has 1 fully saturated rings. The lowest BCUT2D eigenvalue weighted by molar-refractivity contribution is -0.182. The van der Waals surface area contributed by atoms with Gasteiger partial charge in [0.2, 0.25) is 11.2 Å². The van der Waals surface area contributed by atoms with Crippen LogP contribution >= 0.6 is 0 Å². The number of hydrogen-bond acceptors (Lipinski definition) is 14. The van der Waals surface area contributed by atoms with Gasteiger partial charge in [-0.3, -0.25) is 14.4 Å². The molecule has 4 aliphatic rings. The molecule has 1 saturated heterocycles. The van der Waals surface area contributed by atoms with Gasteiger partial charge < -0.3 is 44.1 Å². The van der Waals surface area contributed by atoms with E-state index in [1.165, 1.54) is 37.3 Å². The number of carbonyl (C=O) groups excluding carboxylic acids is 5. The molecule has 2 aromatic carbocycles. The number of aliphatic hydroxyl groups is 2. The van der Waals surface area contributed by atoms with Crippen molar-refractivity contribution in [1.29, 1.82) is 0 Å². The van der Waals surface area contributed by atoms with E-state index in [9.17, 15) is 44.4 Å². The molecule has 1 aliphatic carbocycles. The first-order valence-electron chi connectivity index (χ1n) is 14.4. The van der Waals surface area contributed by atoms with Crippen molar-refractivity contribution in [3.05, 3.63) is 47.2 Å². The molecule has 4 N–H and O–H groups in total. The zero-order valence-corrected chi connectivity index (χ0v) is 25.1. The monoisotopic (exact) mass is 638 g/mol. The smallest absolute Gasteiger partial charge is 0.354 e. The minimum absolute atomic E-state index is 0.00873. The van der Waals surface area contributed by atoms with Gasteiger partial charge >= 0.3 is 17.9 Å². The molecule has 14 heteroatoms. The first kappa shape index (κ1) is 30.9. The molecule has 0 amide bonds. The van der Waals surface area contributed by atoms with Gasteiger partial charge in [0.25, 0.3) is 0 Å². The molecule has 46 heavy (non-hydrogen) atoms. The fourth-order valence-corrected chi connectivity index (χ4v) is 7.06. The molecular formula is C32H30O14. The second kappa shape index (κ2) is 10.5. The Morgan fingerprint density at radius 2 is 1.46 bits per heavy atom. The summed E-state index contributed by atoms with van der Waals surface area (Å²) in [7, 11) is 2.13. The van der Waals surface area contributed by atoms with Crippen molar-refractivity contribution in [2.45, 2.75) is 50.1 Å². The summed E-state index contributed by atoms with van der Waals surface area (Å²) in [6, 6.07) is 5.03. The maximum absolute atomic E-state index is 13.9. The Kier molecular flexibility index (Phi) is 7.04. The second-order valence-electron chi connectivity index (χ2n) is 11.9. The van der Waals surface area contributed by atoms with Gasteiger partial charge in [-0.05, 0) is 30.3 Å². The molecular weight excluding hydrogens is 608 g/mol. The summed E-state index contributed by atoms with van der Waals surface area (Å²) in [5.74, 6) is -9.88. The van der Waals surface area contributed by atoms with E-state index in [0.717, 1.165) is 14.2 Å². The average Bonchev–Trinajstić information content (AvgIpc) is 3.36. The third kappa shape index (κ3) is 4.02. The van der Waals surface area contributed by atoms with Crippen molar-refractivity contribution in [3.63, 3.8) is 0 Å². The van der Waals surface area contributed by atoms with Crippen molar-refractivity contribution in [3.8, 4) is 34.1 Å². The van der Waals surface area contributed by atoms with E-state index in [1.54, 1.807) is 6.92 Å². The highest BCUT2D eigenvalue weighted by atomic mass is 16.6. The van der Waals surface area contributed by atoms with Crippen LogP contribution in [0.2, 0.25) is 0 Å². The minimum Gasteiger partial charge on any atom is -0.512 e. The van der Waals surface area contributed by atoms with Crippen LogP contribution in [0, 0.1) is 17.8 Å². The van der Waals surface area contributed by atoms with Gasteiger partial charge in [0.05, 0.1) is 27.1 Å². The number of benzene rings is 2. The van der Waals surface area contributed by atoms with Gasteiger partial charge in [-0.15, -0.1) is 0 Å². The Balaban J connectivity index is 1.45. The summed E-state index contributed by atoms with van der Waals surface area (Å²) in [5, 5.41) is 44.6. The van der Waals surface area contributed by atoms with Crippen LogP contribution in [0.25, 0.3) is 11.1 Å². The van der Waals surface area contributed by atoms with Crippen molar-refractivity contribution >= 4 is 29.5 Å². The fourth-order valence-electron chi connectivity index (χ4n) is 7.06. The number of aromatic hydroxyl groups is 2. The minimum atomic E-state index is -2.35. The van der Waals surface area contributed by atoms with Gasteiger partial charge in [0.1, 0.15) is 51.9 Å². The normalized spacial score (nSPS) is 31.3. The third-order valence-electron chi connectivity index (χ3n) is 9.21. The number of aliphatic hydroxyl groups excluding tert-OH is 2. The first-order valence-corrected chi connectivity index (χ1v) is 14.4. The summed E-state index contributed by atoms with van der Waals surface area (Å²) < 4.78 is 27.1. The predicted octanol–water partition coefficient (Wildman–Crippen LogP) is 2.15. The van der Waals surface area contributed by atoms with E-state index in [4.69, 9.17) is 23.7 Å². The average molecular weight is 639 g/mol. The number of rotatable bonds is 4. The molecule has 242 valence electrons. The Bertz CT molecular complexity index is 1760. The van der Waals surface area contributed by atoms with Crippen molar-refractivity contribution in [2.75, 3.05) is 14.2 Å². The maximum atomic E-state index is 13.9. The van der Waals surface area contributed by atoms with Crippen LogP contribution < -0.4 is 9.47 Å². The number of esters is 3. The summed E-state index contributed by atoms with van der Waals surface area (Å²) in [6.45, 7) is 3.17. The van der Waals surface area contributed by atoms with Crippen LogP contribution in [0.1, 0.15) is 47.4 Å². The maximum Gasteiger partial charge on any atom is 0.354 e. The molecule has 3 heterocycles. The zero-order chi connectivity index (χ0) is 33.5. The van der Waals surface area contributed by atoms with E-state index in [2.05, 4.69) is 0 Å². The number of carbonyl (C=O) groups is 5. The number of phenols is 2. The SMILES string of the molecule is COC(=O)C1(C2OC(=O)CC2C)CC(=O)c2c(ccc(-c3ccc4c(c3O)C(=O)C3C(O)=CC(C)C(O)C3(C(=O)OC)O4)c2O)O1. The van der Waals surface area contributed by atoms with Gasteiger partial charge in [0.15, 0.2) is 17.7 Å². The van der Waals surface area contributed by atoms with Crippen LogP contribution in [-0.2, 0) is 28.6 Å². The second-order valence-corrected chi connectivity index (χ2v) is 11.9. The molecule has 0 bridgehead atoms. The summed E-state index contributed by atoms with van der Waals surface area (Å²) in [5.41, 5.74) is -5.39. The van der Waals surface area contributed by atoms with E-state index < -0.39 is 99.9 Å². The highest BCUT2D eigenvalue weighted by molar-refractivity contribution is 6.12. The van der Waals surface area contributed by atoms with Crippen LogP contribution in [-0.4, -0.2) is 87.5 Å². The van der Waals surface area contributed by atoms with Crippen LogP contribution in [0.4, 0.5) is 0 Å². The molecule has 3 aliphatic heterocycles. The van der Waals surface area contributed by atoms with Crippen molar-refractivity contribution in [2.24, 2.45) is 17.8 Å². The van der Waals surface area contributed by atoms with Crippen LogP contribution in [0.5, 0.6) is 23.0 Å². The van der Waals surface area contributed by atoms with Gasteiger partial charge in [0, 0.05) is 23.0 Å². The number of methoxy groups -OCH3 is 2. The molecule has 6 rings (SSSR count). The van der Waals surface area contributed by atoms with E-state index in [1.807, 2.05) is 0 Å². The van der Waals surface area contributed by atoms with E-state index in [0.29, 0.717) is 0 Å². The Morgan fingerprint density at radius 3 is 2.02 bits per heavy atom. The highest BCUT2D eigenvalue weighted by Crippen LogP contribution is 2.53. The van der Waals surface area contributed by atoms with E-state index in [-0.39, 0.29) is 34.6 Å². The number of ketones is 2. The quantitative estimate of drug-likeness (QED) is 0.279. The highest BCUT2D eigenvalue weighted by Gasteiger charge is 2.66. The molecule has 7 atom stereocenters. The lowest BCUT2D eigenvalue weighted by atomic mass is 9.67. The summed E-state index contributed by atoms with van der Waals surface area (Å²) in [6.07, 6.45) is -2.20. The number of cyclic esters (lactones) is 1. The Labute approximate surface area is 261 Å². The third-order valence-corrected chi connectivity index (χ3v) is 9.21. The molecule has 0 radical (unpaired) electrons. The lowest BCUT2D eigenvalue weighted by Crippen LogP contribution is -2.67. The first-order chi connectivity index (χ1) is 21.7. The zero-order valence-electron chi connectivity index (χ0n) is 25.1. The van der Waals surface area contributed by atoms with Crippen LogP contribution in [0.3, 0.4) is 0 Å². The fraction of sp³-hybridized carbons (Fsp3) is 0.406. The standard InChI is InChI=1S/C32H30O14/c1-12-9-16(33)23-26(38)22-19(46-32(23,27(12)39)30(41)43-4)8-6-15(25(22)37)14-5-7-18-21(24(14)36)17(34)11-31(45-18,29(40)42-3)28-13(2)10-20(35)44-28/h5-9,12-13,23,27-28,33,36-37,39H,10-11H2,1-4H3. The van der Waals surface area contributed by atoms with Crippen molar-refractivity contribution < 1.29 is 68.1 Å². The molecule has 0 aromatic heterocycles. The topological polar surface area (TPSA) is 212 Å². The molecule has 14 nitrogen and oxygen atoms in total. The van der Waals surface area contributed by atoms with Crippen molar-refractivity contribution in [1.82, 2.24) is 0 Å². The van der Waals surface area contributed by atoms with E-state index >= 15 is 0 Å². The Morgan fingerprint density at radius 1 is 0.870 bits per heavy atom.